The van der Waals surface area contributed by atoms with Crippen LogP contribution in [0.25, 0.3) is 22.6 Å². The van der Waals surface area contributed by atoms with E-state index in [1.165, 1.54) is 0 Å². The lowest BCUT2D eigenvalue weighted by molar-refractivity contribution is 0.693. The Labute approximate surface area is 143 Å². The molecular formula is C17H16N6S. The van der Waals surface area contributed by atoms with Crippen molar-refractivity contribution in [2.24, 2.45) is 0 Å². The molecule has 0 N–H and O–H groups in total. The number of para-hydroxylation sites is 2. The van der Waals surface area contributed by atoms with Crippen LogP contribution in [-0.2, 0) is 13.0 Å². The Hall–Kier alpha value is -2.67. The van der Waals surface area contributed by atoms with Crippen molar-refractivity contribution in [2.45, 2.75) is 26.8 Å². The van der Waals surface area contributed by atoms with E-state index in [2.05, 4.69) is 24.7 Å². The topological polar surface area (TPSA) is 69.4 Å². The molecule has 0 atom stereocenters. The maximum Gasteiger partial charge on any atom is 0.160 e. The third kappa shape index (κ3) is 2.78. The number of benzene rings is 1. The fraction of sp³-hybridized carbons (Fsp3) is 0.235. The molecule has 0 radical (unpaired) electrons. The highest BCUT2D eigenvalue weighted by Crippen LogP contribution is 2.22. The number of hydrogen-bond acceptors (Lipinski definition) is 6. The van der Waals surface area contributed by atoms with E-state index in [-0.39, 0.29) is 0 Å². The fourth-order valence-corrected chi connectivity index (χ4v) is 3.36. The van der Waals surface area contributed by atoms with Crippen molar-refractivity contribution in [1.82, 2.24) is 29.7 Å². The molecule has 3 aromatic heterocycles. The molecule has 7 heteroatoms. The molecule has 6 nitrogen and oxygen atoms in total. The van der Waals surface area contributed by atoms with Gasteiger partial charge in [-0.25, -0.2) is 15.0 Å². The van der Waals surface area contributed by atoms with Gasteiger partial charge in [-0.15, -0.1) is 21.5 Å². The minimum Gasteiger partial charge on any atom is -0.329 e. The smallest absolute Gasteiger partial charge is 0.160 e. The first-order valence-electron chi connectivity index (χ1n) is 7.74. The second-order valence-corrected chi connectivity index (χ2v) is 6.82. The lowest BCUT2D eigenvalue weighted by atomic mass is 10.2. The molecule has 0 aliphatic heterocycles. The average molecular weight is 336 g/mol. The summed E-state index contributed by atoms with van der Waals surface area (Å²) in [5, 5.41) is 10.3. The molecule has 1 aromatic carbocycles. The summed E-state index contributed by atoms with van der Waals surface area (Å²) in [6.45, 7) is 4.73. The van der Waals surface area contributed by atoms with Crippen LogP contribution in [0.1, 0.15) is 15.7 Å². The minimum absolute atomic E-state index is 0.790. The van der Waals surface area contributed by atoms with Crippen LogP contribution in [0.2, 0.25) is 0 Å². The Morgan fingerprint density at radius 1 is 1.04 bits per heavy atom. The Kier molecular flexibility index (Phi) is 3.78. The van der Waals surface area contributed by atoms with Gasteiger partial charge in [0.2, 0.25) is 0 Å². The number of aromatic nitrogens is 6. The second kappa shape index (κ2) is 6.09. The maximum absolute atomic E-state index is 4.77. The lowest BCUT2D eigenvalue weighted by Crippen LogP contribution is -2.05. The molecule has 0 saturated carbocycles. The van der Waals surface area contributed by atoms with Crippen molar-refractivity contribution in [3.8, 4) is 11.5 Å². The molecule has 0 spiro atoms. The summed E-state index contributed by atoms with van der Waals surface area (Å²) < 4.78 is 2.10. The van der Waals surface area contributed by atoms with Crippen molar-refractivity contribution in [1.29, 1.82) is 0 Å². The largest absolute Gasteiger partial charge is 0.329 e. The third-order valence-corrected chi connectivity index (χ3v) is 4.71. The summed E-state index contributed by atoms with van der Waals surface area (Å²) in [5.74, 6) is 0.840. The van der Waals surface area contributed by atoms with Gasteiger partial charge in [-0.1, -0.05) is 12.1 Å². The lowest BCUT2D eigenvalue weighted by Gasteiger charge is -2.09. The zero-order valence-corrected chi connectivity index (χ0v) is 14.3. The van der Waals surface area contributed by atoms with Crippen LogP contribution in [-0.4, -0.2) is 29.7 Å². The minimum atomic E-state index is 0.790. The van der Waals surface area contributed by atoms with E-state index in [9.17, 15) is 0 Å². The van der Waals surface area contributed by atoms with Gasteiger partial charge in [0.15, 0.2) is 5.82 Å². The van der Waals surface area contributed by atoms with Gasteiger partial charge in [0.1, 0.15) is 15.7 Å². The predicted molar refractivity (Wildman–Crippen MR) is 93.8 cm³/mol. The fourth-order valence-electron chi connectivity index (χ4n) is 2.66. The van der Waals surface area contributed by atoms with Crippen molar-refractivity contribution in [2.75, 3.05) is 0 Å². The van der Waals surface area contributed by atoms with Crippen LogP contribution in [0, 0.1) is 13.8 Å². The first kappa shape index (κ1) is 14.9. The Morgan fingerprint density at radius 2 is 1.83 bits per heavy atom. The molecule has 3 heterocycles. The van der Waals surface area contributed by atoms with Crippen LogP contribution in [0.4, 0.5) is 0 Å². The zero-order chi connectivity index (χ0) is 16.5. The van der Waals surface area contributed by atoms with Crippen molar-refractivity contribution in [3.63, 3.8) is 0 Å². The van der Waals surface area contributed by atoms with Crippen molar-refractivity contribution >= 4 is 22.4 Å². The molecule has 0 aliphatic rings. The highest BCUT2D eigenvalue weighted by Gasteiger charge is 2.13. The molecule has 4 aromatic rings. The number of aryl methyl sites for hydroxylation is 4. The molecule has 0 amide bonds. The summed E-state index contributed by atoms with van der Waals surface area (Å²) >= 11 is 1.63. The Balaban J connectivity index is 1.67. The van der Waals surface area contributed by atoms with Gasteiger partial charge in [-0.3, -0.25) is 0 Å². The quantitative estimate of drug-likeness (QED) is 0.572. The van der Waals surface area contributed by atoms with Crippen LogP contribution < -0.4 is 0 Å². The van der Waals surface area contributed by atoms with Gasteiger partial charge in [0, 0.05) is 25.4 Å². The second-order valence-electron chi connectivity index (χ2n) is 5.56. The molecule has 120 valence electrons. The van der Waals surface area contributed by atoms with Gasteiger partial charge in [0.25, 0.3) is 0 Å². The van der Waals surface area contributed by atoms with Gasteiger partial charge in [0.05, 0.1) is 16.7 Å². The molecule has 0 saturated heterocycles. The Morgan fingerprint density at radius 3 is 2.58 bits per heavy atom. The van der Waals surface area contributed by atoms with E-state index in [1.807, 2.05) is 44.3 Å². The van der Waals surface area contributed by atoms with Crippen molar-refractivity contribution in [3.05, 3.63) is 52.4 Å². The summed E-state index contributed by atoms with van der Waals surface area (Å²) in [6, 6.07) is 7.90. The summed E-state index contributed by atoms with van der Waals surface area (Å²) in [6.07, 6.45) is 4.60. The zero-order valence-electron chi connectivity index (χ0n) is 13.5. The molecule has 0 bridgehead atoms. The molecule has 4 rings (SSSR count). The number of nitrogens with zero attached hydrogens (tertiary/aromatic N) is 6. The van der Waals surface area contributed by atoms with Crippen LogP contribution in [0.5, 0.6) is 0 Å². The Bertz CT molecular complexity index is 1000. The maximum atomic E-state index is 4.77. The predicted octanol–water partition coefficient (Wildman–Crippen LogP) is 3.20. The number of fused-ring (bicyclic) bond motifs is 1. The molecule has 0 unspecified atom stereocenters. The number of hydrogen-bond donors (Lipinski definition) is 0. The normalized spacial score (nSPS) is 11.2. The first-order chi connectivity index (χ1) is 11.7. The molecule has 0 aliphatic carbocycles. The highest BCUT2D eigenvalue weighted by atomic mass is 32.1. The summed E-state index contributed by atoms with van der Waals surface area (Å²) in [7, 11) is 0. The number of rotatable bonds is 4. The van der Waals surface area contributed by atoms with Crippen LogP contribution >= 0.6 is 11.3 Å². The monoisotopic (exact) mass is 336 g/mol. The van der Waals surface area contributed by atoms with Gasteiger partial charge in [-0.2, -0.15) is 0 Å². The first-order valence-corrected chi connectivity index (χ1v) is 8.56. The average Bonchev–Trinajstić information content (AvgIpc) is 3.21. The SMILES string of the molecule is Cc1nnc(CCn2ccnc2-c2nc3ccccc3nc2C)s1. The number of imidazole rings is 1. The van der Waals surface area contributed by atoms with Gasteiger partial charge in [-0.05, 0) is 26.0 Å². The molecular weight excluding hydrogens is 320 g/mol. The van der Waals surface area contributed by atoms with E-state index in [4.69, 9.17) is 4.98 Å². The standard InChI is InChI=1S/C17H16N6S/c1-11-16(20-14-6-4-3-5-13(14)19-11)17-18-8-10-23(17)9-7-15-22-21-12(2)24-15/h3-6,8,10H,7,9H2,1-2H3. The van der Waals surface area contributed by atoms with E-state index < -0.39 is 0 Å². The van der Waals surface area contributed by atoms with Crippen molar-refractivity contribution < 1.29 is 0 Å². The van der Waals surface area contributed by atoms with E-state index in [1.54, 1.807) is 17.5 Å². The molecule has 24 heavy (non-hydrogen) atoms. The summed E-state index contributed by atoms with van der Waals surface area (Å²) in [4.78, 5) is 13.9. The van der Waals surface area contributed by atoms with Crippen LogP contribution in [0.15, 0.2) is 36.7 Å². The van der Waals surface area contributed by atoms with Gasteiger partial charge < -0.3 is 4.57 Å². The third-order valence-electron chi connectivity index (χ3n) is 3.81. The van der Waals surface area contributed by atoms with E-state index >= 15 is 0 Å². The van der Waals surface area contributed by atoms with Crippen LogP contribution in [0.3, 0.4) is 0 Å². The molecule has 0 fully saturated rings. The summed E-state index contributed by atoms with van der Waals surface area (Å²) in [5.41, 5.74) is 3.49. The van der Waals surface area contributed by atoms with E-state index in [0.717, 1.165) is 51.2 Å². The highest BCUT2D eigenvalue weighted by molar-refractivity contribution is 7.11. The van der Waals surface area contributed by atoms with Gasteiger partial charge >= 0.3 is 0 Å². The van der Waals surface area contributed by atoms with E-state index in [0.29, 0.717) is 0 Å².